The average Bonchev–Trinajstić information content (AvgIpc) is 2.48. The highest BCUT2D eigenvalue weighted by atomic mass is 16.5. The van der Waals surface area contributed by atoms with E-state index < -0.39 is 0 Å². The van der Waals surface area contributed by atoms with Crippen LogP contribution in [-0.2, 0) is 4.79 Å². The second-order valence-corrected chi connectivity index (χ2v) is 5.78. The Balaban J connectivity index is 2.03. The number of anilines is 1. The van der Waals surface area contributed by atoms with Crippen molar-refractivity contribution in [2.45, 2.75) is 51.5 Å². The molecule has 3 nitrogen and oxygen atoms in total. The lowest BCUT2D eigenvalue weighted by Crippen LogP contribution is -2.32. The van der Waals surface area contributed by atoms with Gasteiger partial charge in [-0.15, -0.1) is 0 Å². The third-order valence-corrected chi connectivity index (χ3v) is 4.17. The van der Waals surface area contributed by atoms with E-state index in [0.717, 1.165) is 11.4 Å². The van der Waals surface area contributed by atoms with Crippen LogP contribution in [0.25, 0.3) is 0 Å². The van der Waals surface area contributed by atoms with Crippen molar-refractivity contribution in [3.8, 4) is 5.75 Å². The van der Waals surface area contributed by atoms with Crippen LogP contribution in [-0.4, -0.2) is 18.9 Å². The molecule has 0 amide bonds. The van der Waals surface area contributed by atoms with Gasteiger partial charge < -0.3 is 10.1 Å². The van der Waals surface area contributed by atoms with Crippen molar-refractivity contribution in [3.05, 3.63) is 24.3 Å². The first-order valence-electron chi connectivity index (χ1n) is 7.59. The minimum absolute atomic E-state index is 0.265. The molecule has 0 aliphatic heterocycles. The Morgan fingerprint density at radius 2 is 1.90 bits per heavy atom. The second kappa shape index (κ2) is 7.32. The summed E-state index contributed by atoms with van der Waals surface area (Å²) < 4.78 is 5.17. The van der Waals surface area contributed by atoms with E-state index >= 15 is 0 Å². The largest absolute Gasteiger partial charge is 0.497 e. The zero-order valence-electron chi connectivity index (χ0n) is 12.5. The van der Waals surface area contributed by atoms with Gasteiger partial charge in [-0.3, -0.25) is 4.79 Å². The lowest BCUT2D eigenvalue weighted by Gasteiger charge is -2.31. The highest BCUT2D eigenvalue weighted by Crippen LogP contribution is 2.30. The molecular formula is C17H25NO2. The van der Waals surface area contributed by atoms with Gasteiger partial charge in [-0.1, -0.05) is 19.3 Å². The van der Waals surface area contributed by atoms with Gasteiger partial charge in [0.25, 0.3) is 0 Å². The molecule has 2 rings (SSSR count). The number of hydrogen-bond acceptors (Lipinski definition) is 3. The van der Waals surface area contributed by atoms with E-state index in [1.54, 1.807) is 14.0 Å². The van der Waals surface area contributed by atoms with Gasteiger partial charge >= 0.3 is 0 Å². The zero-order valence-corrected chi connectivity index (χ0v) is 12.5. The first-order chi connectivity index (χ1) is 9.69. The molecular weight excluding hydrogens is 250 g/mol. The summed E-state index contributed by atoms with van der Waals surface area (Å²) in [5.74, 6) is 1.74. The lowest BCUT2D eigenvalue weighted by atomic mass is 9.82. The molecule has 0 spiro atoms. The topological polar surface area (TPSA) is 38.3 Å². The molecule has 1 aromatic carbocycles. The monoisotopic (exact) mass is 275 g/mol. The Morgan fingerprint density at radius 1 is 1.25 bits per heavy atom. The van der Waals surface area contributed by atoms with Crippen molar-refractivity contribution in [3.63, 3.8) is 0 Å². The van der Waals surface area contributed by atoms with Gasteiger partial charge in [0.2, 0.25) is 0 Å². The van der Waals surface area contributed by atoms with E-state index in [1.807, 2.05) is 24.3 Å². The number of carbonyl (C=O) groups is 1. The molecule has 0 bridgehead atoms. The molecule has 20 heavy (non-hydrogen) atoms. The van der Waals surface area contributed by atoms with E-state index in [4.69, 9.17) is 4.74 Å². The number of methoxy groups -OCH3 is 1. The summed E-state index contributed by atoms with van der Waals surface area (Å²) in [4.78, 5) is 11.5. The maximum atomic E-state index is 11.5. The number of carbonyl (C=O) groups excluding carboxylic acids is 1. The molecule has 0 heterocycles. The van der Waals surface area contributed by atoms with Crippen molar-refractivity contribution in [1.82, 2.24) is 0 Å². The van der Waals surface area contributed by atoms with Crippen LogP contribution in [0.2, 0.25) is 0 Å². The van der Waals surface area contributed by atoms with Crippen molar-refractivity contribution in [2.24, 2.45) is 5.92 Å². The summed E-state index contributed by atoms with van der Waals surface area (Å²) in [6.07, 6.45) is 7.03. The molecule has 0 saturated heterocycles. The molecule has 1 fully saturated rings. The van der Waals surface area contributed by atoms with Crippen LogP contribution in [0.3, 0.4) is 0 Å². The predicted molar refractivity (Wildman–Crippen MR) is 82.3 cm³/mol. The molecule has 110 valence electrons. The number of nitrogens with one attached hydrogen (secondary N) is 1. The van der Waals surface area contributed by atoms with Crippen LogP contribution in [0.1, 0.15) is 45.4 Å². The minimum Gasteiger partial charge on any atom is -0.497 e. The molecule has 0 aromatic heterocycles. The van der Waals surface area contributed by atoms with Crippen LogP contribution in [0.15, 0.2) is 24.3 Å². The normalized spacial score (nSPS) is 17.5. The molecule has 0 radical (unpaired) electrons. The lowest BCUT2D eigenvalue weighted by molar-refractivity contribution is -0.117. The Kier molecular flexibility index (Phi) is 5.45. The zero-order chi connectivity index (χ0) is 14.4. The summed E-state index contributed by atoms with van der Waals surface area (Å²) in [7, 11) is 1.67. The number of Topliss-reactive ketones (excluding diaryl/α,β-unsaturated/α-hetero) is 1. The fraction of sp³-hybridized carbons (Fsp3) is 0.588. The number of hydrogen-bond donors (Lipinski definition) is 1. The van der Waals surface area contributed by atoms with Crippen LogP contribution in [0.4, 0.5) is 5.69 Å². The standard InChI is InChI=1S/C17H25NO2/c1-13(19)12-17(14-6-4-3-5-7-14)18-15-8-10-16(20-2)11-9-15/h8-11,14,17-18H,3-7,12H2,1-2H3/t17-/m1/s1. The molecule has 1 atom stereocenters. The van der Waals surface area contributed by atoms with Gasteiger partial charge in [0.15, 0.2) is 0 Å². The number of ketones is 1. The number of ether oxygens (including phenoxy) is 1. The quantitative estimate of drug-likeness (QED) is 0.851. The van der Waals surface area contributed by atoms with Crippen molar-refractivity contribution in [2.75, 3.05) is 12.4 Å². The van der Waals surface area contributed by atoms with Crippen molar-refractivity contribution < 1.29 is 9.53 Å². The molecule has 0 unspecified atom stereocenters. The van der Waals surface area contributed by atoms with Crippen LogP contribution in [0.5, 0.6) is 5.75 Å². The Hall–Kier alpha value is -1.51. The van der Waals surface area contributed by atoms with Crippen LogP contribution >= 0.6 is 0 Å². The Bertz CT molecular complexity index is 421. The maximum Gasteiger partial charge on any atom is 0.131 e. The van der Waals surface area contributed by atoms with E-state index in [1.165, 1.54) is 32.1 Å². The SMILES string of the molecule is COc1ccc(N[C@H](CC(C)=O)C2CCCCC2)cc1. The van der Waals surface area contributed by atoms with Crippen molar-refractivity contribution >= 4 is 11.5 Å². The van der Waals surface area contributed by atoms with Gasteiger partial charge in [0, 0.05) is 18.2 Å². The molecule has 1 saturated carbocycles. The van der Waals surface area contributed by atoms with Gasteiger partial charge in [-0.2, -0.15) is 0 Å². The molecule has 3 heteroatoms. The van der Waals surface area contributed by atoms with Gasteiger partial charge in [-0.25, -0.2) is 0 Å². The third-order valence-electron chi connectivity index (χ3n) is 4.17. The average molecular weight is 275 g/mol. The van der Waals surface area contributed by atoms with Gasteiger partial charge in [0.05, 0.1) is 7.11 Å². The molecule has 1 N–H and O–H groups in total. The second-order valence-electron chi connectivity index (χ2n) is 5.78. The molecule has 1 aliphatic rings. The maximum absolute atomic E-state index is 11.5. The van der Waals surface area contributed by atoms with E-state index in [0.29, 0.717) is 12.3 Å². The minimum atomic E-state index is 0.265. The van der Waals surface area contributed by atoms with Crippen LogP contribution in [0, 0.1) is 5.92 Å². The highest BCUT2D eigenvalue weighted by molar-refractivity contribution is 5.76. The van der Waals surface area contributed by atoms with Gasteiger partial charge in [-0.05, 0) is 49.9 Å². The predicted octanol–water partition coefficient (Wildman–Crippen LogP) is 4.04. The van der Waals surface area contributed by atoms with Crippen LogP contribution < -0.4 is 10.1 Å². The van der Waals surface area contributed by atoms with Crippen molar-refractivity contribution in [1.29, 1.82) is 0 Å². The van der Waals surface area contributed by atoms with E-state index in [9.17, 15) is 4.79 Å². The van der Waals surface area contributed by atoms with Gasteiger partial charge in [0.1, 0.15) is 11.5 Å². The summed E-state index contributed by atoms with van der Waals surface area (Å²) in [5, 5.41) is 3.55. The first-order valence-corrected chi connectivity index (χ1v) is 7.59. The third kappa shape index (κ3) is 4.26. The molecule has 1 aromatic rings. The fourth-order valence-electron chi connectivity index (χ4n) is 3.08. The summed E-state index contributed by atoms with van der Waals surface area (Å²) >= 11 is 0. The summed E-state index contributed by atoms with van der Waals surface area (Å²) in [6.45, 7) is 1.69. The fourth-order valence-corrected chi connectivity index (χ4v) is 3.08. The Morgan fingerprint density at radius 3 is 2.45 bits per heavy atom. The summed E-state index contributed by atoms with van der Waals surface area (Å²) in [6, 6.07) is 8.22. The smallest absolute Gasteiger partial charge is 0.131 e. The van der Waals surface area contributed by atoms with E-state index in [-0.39, 0.29) is 11.8 Å². The number of rotatable bonds is 6. The van der Waals surface area contributed by atoms with E-state index in [2.05, 4.69) is 5.32 Å². The summed E-state index contributed by atoms with van der Waals surface area (Å²) in [5.41, 5.74) is 1.07. The number of benzene rings is 1. The highest BCUT2D eigenvalue weighted by Gasteiger charge is 2.24. The first kappa shape index (κ1) is 14.9. The Labute approximate surface area is 121 Å². The molecule has 1 aliphatic carbocycles.